The zero-order valence-electron chi connectivity index (χ0n) is 19.4. The minimum Gasteiger partial charge on any atom is -0.493 e. The Labute approximate surface area is 186 Å². The highest BCUT2D eigenvalue weighted by molar-refractivity contribution is 5.74. The van der Waals surface area contributed by atoms with Gasteiger partial charge in [0.2, 0.25) is 0 Å². The van der Waals surface area contributed by atoms with Gasteiger partial charge in [0.05, 0.1) is 26.9 Å². The van der Waals surface area contributed by atoms with Crippen molar-refractivity contribution in [2.45, 2.75) is 56.7 Å². The van der Waals surface area contributed by atoms with Crippen molar-refractivity contribution in [3.63, 3.8) is 0 Å². The number of hydrogen-bond donors (Lipinski definition) is 1. The smallest absolute Gasteiger partial charge is 0.321 e. The number of likely N-dealkylation sites (N-methyl/N-ethyl adjacent to an activating group) is 1. The van der Waals surface area contributed by atoms with E-state index in [1.807, 2.05) is 31.1 Å². The molecule has 0 bridgehead atoms. The number of aliphatic carboxylic acids is 1. The van der Waals surface area contributed by atoms with E-state index in [1.54, 1.807) is 14.2 Å². The van der Waals surface area contributed by atoms with E-state index in [-0.39, 0.29) is 12.0 Å². The molecule has 7 heteroatoms. The monoisotopic (exact) mass is 434 g/mol. The van der Waals surface area contributed by atoms with Crippen LogP contribution in [-0.2, 0) is 16.0 Å². The van der Waals surface area contributed by atoms with Crippen molar-refractivity contribution < 1.29 is 24.1 Å². The van der Waals surface area contributed by atoms with Crippen molar-refractivity contribution >= 4 is 5.97 Å². The lowest BCUT2D eigenvalue weighted by atomic mass is 9.91. The van der Waals surface area contributed by atoms with Crippen LogP contribution in [-0.4, -0.2) is 87.1 Å². The molecule has 0 radical (unpaired) electrons. The summed E-state index contributed by atoms with van der Waals surface area (Å²) in [6, 6.07) is 5.98. The minimum absolute atomic E-state index is 0.168. The number of likely N-dealkylation sites (tertiary alicyclic amines) is 1. The Morgan fingerprint density at radius 1 is 1.16 bits per heavy atom. The Morgan fingerprint density at radius 2 is 1.90 bits per heavy atom. The van der Waals surface area contributed by atoms with Crippen molar-refractivity contribution in [2.75, 3.05) is 48.0 Å². The molecule has 1 aliphatic carbocycles. The Morgan fingerprint density at radius 3 is 2.58 bits per heavy atom. The van der Waals surface area contributed by atoms with Gasteiger partial charge in [0.15, 0.2) is 11.5 Å². The van der Waals surface area contributed by atoms with Crippen LogP contribution in [0.5, 0.6) is 11.5 Å². The molecule has 3 rings (SSSR count). The van der Waals surface area contributed by atoms with Gasteiger partial charge in [-0.1, -0.05) is 18.9 Å². The molecule has 7 nitrogen and oxygen atoms in total. The Hall–Kier alpha value is -1.83. The number of carboxylic acids is 1. The maximum Gasteiger partial charge on any atom is 0.321 e. The summed E-state index contributed by atoms with van der Waals surface area (Å²) in [6.07, 6.45) is 6.61. The summed E-state index contributed by atoms with van der Waals surface area (Å²) in [5.41, 5.74) is 1.17. The van der Waals surface area contributed by atoms with Gasteiger partial charge in [-0.2, -0.15) is 0 Å². The standard InChI is InChI=1S/C24H38N2O5/c1-25(2)23(24(27)28)18-11-13-26(16-18)19-7-5-6-8-20(19)31-14-12-17-9-10-21(29-3)22(15-17)30-4/h9-10,15,18-20,23H,5-8,11-14,16H2,1-4H3,(H,27,28)/t18-,19-,20-,23?/m0/s1. The van der Waals surface area contributed by atoms with Crippen LogP contribution in [0.15, 0.2) is 18.2 Å². The molecule has 174 valence electrons. The summed E-state index contributed by atoms with van der Waals surface area (Å²) in [4.78, 5) is 16.1. The number of nitrogens with zero attached hydrogens (tertiary/aromatic N) is 2. The van der Waals surface area contributed by atoms with Gasteiger partial charge in [0.1, 0.15) is 6.04 Å². The van der Waals surface area contributed by atoms with E-state index in [4.69, 9.17) is 14.2 Å². The van der Waals surface area contributed by atoms with Gasteiger partial charge in [-0.05, 0) is 69.9 Å². The third kappa shape index (κ3) is 5.90. The molecule has 1 heterocycles. The van der Waals surface area contributed by atoms with Gasteiger partial charge in [-0.3, -0.25) is 14.6 Å². The summed E-state index contributed by atoms with van der Waals surface area (Å²) >= 11 is 0. The van der Waals surface area contributed by atoms with Crippen LogP contribution in [0.2, 0.25) is 0 Å². The van der Waals surface area contributed by atoms with Gasteiger partial charge in [-0.15, -0.1) is 0 Å². The Kier molecular flexibility index (Phi) is 8.58. The van der Waals surface area contributed by atoms with E-state index in [0.29, 0.717) is 12.6 Å². The summed E-state index contributed by atoms with van der Waals surface area (Å²) in [7, 11) is 7.02. The number of hydrogen-bond acceptors (Lipinski definition) is 6. The Balaban J connectivity index is 1.56. The van der Waals surface area contributed by atoms with Crippen LogP contribution in [0.1, 0.15) is 37.7 Å². The molecule has 1 saturated heterocycles. The molecule has 0 amide bonds. The molecule has 2 aliphatic rings. The molecular formula is C24H38N2O5. The molecule has 0 spiro atoms. The number of benzene rings is 1. The number of carboxylic acid groups (broad SMARTS) is 1. The van der Waals surface area contributed by atoms with Crippen LogP contribution in [0.25, 0.3) is 0 Å². The number of carbonyl (C=O) groups is 1. The molecular weight excluding hydrogens is 396 g/mol. The first kappa shape index (κ1) is 23.8. The highest BCUT2D eigenvalue weighted by atomic mass is 16.5. The molecule has 1 unspecified atom stereocenters. The maximum atomic E-state index is 11.7. The number of rotatable bonds is 10. The highest BCUT2D eigenvalue weighted by Crippen LogP contribution is 2.32. The van der Waals surface area contributed by atoms with Crippen molar-refractivity contribution in [1.82, 2.24) is 9.80 Å². The predicted octanol–water partition coefficient (Wildman–Crippen LogP) is 2.91. The fourth-order valence-electron chi connectivity index (χ4n) is 5.27. The topological polar surface area (TPSA) is 71.5 Å². The second-order valence-electron chi connectivity index (χ2n) is 8.99. The van der Waals surface area contributed by atoms with Gasteiger partial charge < -0.3 is 19.3 Å². The summed E-state index contributed by atoms with van der Waals surface area (Å²) < 4.78 is 17.1. The molecule has 31 heavy (non-hydrogen) atoms. The second-order valence-corrected chi connectivity index (χ2v) is 8.99. The first-order valence-corrected chi connectivity index (χ1v) is 11.4. The average Bonchev–Trinajstić information content (AvgIpc) is 3.22. The predicted molar refractivity (Wildman–Crippen MR) is 120 cm³/mol. The van der Waals surface area contributed by atoms with E-state index < -0.39 is 12.0 Å². The van der Waals surface area contributed by atoms with Crippen LogP contribution >= 0.6 is 0 Å². The number of methoxy groups -OCH3 is 2. The van der Waals surface area contributed by atoms with E-state index in [1.165, 1.54) is 18.4 Å². The zero-order chi connectivity index (χ0) is 22.4. The molecule has 0 aromatic heterocycles. The first-order chi connectivity index (χ1) is 14.9. The Bertz CT molecular complexity index is 726. The van der Waals surface area contributed by atoms with Crippen LogP contribution < -0.4 is 9.47 Å². The third-order valence-electron chi connectivity index (χ3n) is 6.82. The summed E-state index contributed by atoms with van der Waals surface area (Å²) in [5, 5.41) is 9.65. The van der Waals surface area contributed by atoms with Gasteiger partial charge in [0.25, 0.3) is 0 Å². The molecule has 1 N–H and O–H groups in total. The van der Waals surface area contributed by atoms with E-state index in [0.717, 1.165) is 50.3 Å². The van der Waals surface area contributed by atoms with Crippen LogP contribution in [0.4, 0.5) is 0 Å². The van der Waals surface area contributed by atoms with Gasteiger partial charge in [0, 0.05) is 12.6 Å². The largest absolute Gasteiger partial charge is 0.493 e. The summed E-state index contributed by atoms with van der Waals surface area (Å²) in [6.45, 7) is 2.47. The molecule has 2 fully saturated rings. The van der Waals surface area contributed by atoms with Gasteiger partial charge in [-0.25, -0.2) is 0 Å². The van der Waals surface area contributed by atoms with E-state index in [2.05, 4.69) is 11.0 Å². The lowest BCUT2D eigenvalue weighted by Gasteiger charge is -2.38. The zero-order valence-corrected chi connectivity index (χ0v) is 19.4. The fourth-order valence-corrected chi connectivity index (χ4v) is 5.27. The molecule has 1 aliphatic heterocycles. The number of ether oxygens (including phenoxy) is 3. The van der Waals surface area contributed by atoms with Crippen molar-refractivity contribution in [3.05, 3.63) is 23.8 Å². The lowest BCUT2D eigenvalue weighted by Crippen LogP contribution is -2.48. The SMILES string of the molecule is COc1ccc(CCO[C@H]2CCCC[C@@H]2N2CC[C@H](C(C(=O)O)N(C)C)C2)cc1OC. The van der Waals surface area contributed by atoms with Crippen molar-refractivity contribution in [2.24, 2.45) is 5.92 Å². The normalized spacial score (nSPS) is 25.5. The minimum atomic E-state index is -0.719. The van der Waals surface area contributed by atoms with Crippen LogP contribution in [0, 0.1) is 5.92 Å². The van der Waals surface area contributed by atoms with E-state index >= 15 is 0 Å². The first-order valence-electron chi connectivity index (χ1n) is 11.4. The van der Waals surface area contributed by atoms with Crippen LogP contribution in [0.3, 0.4) is 0 Å². The van der Waals surface area contributed by atoms with Gasteiger partial charge >= 0.3 is 5.97 Å². The quantitative estimate of drug-likeness (QED) is 0.607. The molecule has 4 atom stereocenters. The summed E-state index contributed by atoms with van der Waals surface area (Å²) in [5.74, 6) is 0.929. The molecule has 1 aromatic carbocycles. The fraction of sp³-hybridized carbons (Fsp3) is 0.708. The highest BCUT2D eigenvalue weighted by Gasteiger charge is 2.40. The molecule has 1 saturated carbocycles. The second kappa shape index (κ2) is 11.2. The molecule has 1 aromatic rings. The van der Waals surface area contributed by atoms with Crippen molar-refractivity contribution in [3.8, 4) is 11.5 Å². The van der Waals surface area contributed by atoms with E-state index in [9.17, 15) is 9.90 Å². The lowest BCUT2D eigenvalue weighted by molar-refractivity contribution is -0.144. The van der Waals surface area contributed by atoms with Crippen molar-refractivity contribution in [1.29, 1.82) is 0 Å². The maximum absolute atomic E-state index is 11.7. The average molecular weight is 435 g/mol. The third-order valence-corrected chi connectivity index (χ3v) is 6.82.